The highest BCUT2D eigenvalue weighted by Crippen LogP contribution is 2.44. The van der Waals surface area contributed by atoms with E-state index in [1.807, 2.05) is 24.3 Å². The summed E-state index contributed by atoms with van der Waals surface area (Å²) in [4.78, 5) is 35.4. The Balaban J connectivity index is 1.35. The first-order chi connectivity index (χ1) is 15.5. The van der Waals surface area contributed by atoms with Crippen molar-refractivity contribution in [2.75, 3.05) is 13.2 Å². The van der Waals surface area contributed by atoms with Crippen molar-refractivity contribution in [2.24, 2.45) is 5.92 Å². The fourth-order valence-electron chi connectivity index (χ4n) is 4.55. The van der Waals surface area contributed by atoms with E-state index in [0.717, 1.165) is 30.4 Å². The summed E-state index contributed by atoms with van der Waals surface area (Å²) < 4.78 is 5.62. The van der Waals surface area contributed by atoms with Crippen LogP contribution in [0.25, 0.3) is 11.1 Å². The lowest BCUT2D eigenvalue weighted by Crippen LogP contribution is -2.46. The van der Waals surface area contributed by atoms with E-state index in [1.54, 1.807) is 0 Å². The number of rotatable bonds is 9. The molecule has 1 fully saturated rings. The molecule has 0 aromatic heterocycles. The highest BCUT2D eigenvalue weighted by atomic mass is 16.5. The first-order valence-electron chi connectivity index (χ1n) is 11.1. The zero-order chi connectivity index (χ0) is 22.5. The number of ether oxygens (including phenoxy) is 1. The van der Waals surface area contributed by atoms with E-state index in [0.29, 0.717) is 0 Å². The molecule has 0 aliphatic heterocycles. The minimum absolute atomic E-state index is 0.0189. The van der Waals surface area contributed by atoms with E-state index in [4.69, 9.17) is 9.84 Å². The molecule has 0 saturated heterocycles. The summed E-state index contributed by atoms with van der Waals surface area (Å²) in [7, 11) is 0. The number of aliphatic carboxylic acids is 1. The summed E-state index contributed by atoms with van der Waals surface area (Å²) in [5, 5.41) is 14.2. The van der Waals surface area contributed by atoms with E-state index in [2.05, 4.69) is 34.9 Å². The van der Waals surface area contributed by atoms with Crippen LogP contribution in [0.15, 0.2) is 48.5 Å². The fourth-order valence-corrected chi connectivity index (χ4v) is 4.55. The van der Waals surface area contributed by atoms with Gasteiger partial charge in [-0.15, -0.1) is 0 Å². The van der Waals surface area contributed by atoms with Crippen LogP contribution in [-0.2, 0) is 14.3 Å². The van der Waals surface area contributed by atoms with Crippen LogP contribution >= 0.6 is 0 Å². The zero-order valence-corrected chi connectivity index (χ0v) is 17.9. The van der Waals surface area contributed by atoms with Crippen LogP contribution in [0.3, 0.4) is 0 Å². The minimum atomic E-state index is -0.961. The van der Waals surface area contributed by atoms with Gasteiger partial charge in [0, 0.05) is 24.9 Å². The predicted octanol–water partition coefficient (Wildman–Crippen LogP) is 3.67. The van der Waals surface area contributed by atoms with Gasteiger partial charge in [0.05, 0.1) is 6.42 Å². The van der Waals surface area contributed by atoms with Gasteiger partial charge in [-0.05, 0) is 41.0 Å². The Kier molecular flexibility index (Phi) is 6.73. The molecule has 1 unspecified atom stereocenters. The van der Waals surface area contributed by atoms with E-state index in [-0.39, 0.29) is 49.8 Å². The van der Waals surface area contributed by atoms with Crippen molar-refractivity contribution in [2.45, 2.75) is 44.1 Å². The van der Waals surface area contributed by atoms with Gasteiger partial charge in [-0.3, -0.25) is 9.59 Å². The van der Waals surface area contributed by atoms with Crippen molar-refractivity contribution in [3.05, 3.63) is 59.7 Å². The van der Waals surface area contributed by atoms with Gasteiger partial charge in [-0.1, -0.05) is 55.0 Å². The van der Waals surface area contributed by atoms with E-state index in [9.17, 15) is 14.4 Å². The summed E-state index contributed by atoms with van der Waals surface area (Å²) in [5.74, 6) is -1.00. The smallest absolute Gasteiger partial charge is 0.407 e. The number of carbonyl (C=O) groups is 3. The molecule has 1 atom stereocenters. The Morgan fingerprint density at radius 1 is 1.00 bits per heavy atom. The minimum Gasteiger partial charge on any atom is -0.481 e. The second-order valence-corrected chi connectivity index (χ2v) is 8.47. The van der Waals surface area contributed by atoms with Gasteiger partial charge in [0.25, 0.3) is 0 Å². The third-order valence-corrected chi connectivity index (χ3v) is 6.43. The largest absolute Gasteiger partial charge is 0.481 e. The lowest BCUT2D eigenvalue weighted by atomic mass is 9.78. The molecule has 32 heavy (non-hydrogen) atoms. The van der Waals surface area contributed by atoms with Crippen LogP contribution < -0.4 is 10.6 Å². The Morgan fingerprint density at radius 3 is 2.19 bits per heavy atom. The normalized spacial score (nSPS) is 15.8. The van der Waals surface area contributed by atoms with Crippen LogP contribution in [0.4, 0.5) is 4.79 Å². The van der Waals surface area contributed by atoms with E-state index in [1.165, 1.54) is 11.1 Å². The second kappa shape index (κ2) is 9.85. The molecule has 2 aromatic carbocycles. The first-order valence-corrected chi connectivity index (χ1v) is 11.1. The lowest BCUT2D eigenvalue weighted by molar-refractivity contribution is -0.136. The van der Waals surface area contributed by atoms with Gasteiger partial charge in [-0.2, -0.15) is 0 Å². The van der Waals surface area contributed by atoms with Crippen molar-refractivity contribution in [3.8, 4) is 11.1 Å². The van der Waals surface area contributed by atoms with Crippen LogP contribution in [0.2, 0.25) is 0 Å². The summed E-state index contributed by atoms with van der Waals surface area (Å²) in [6.07, 6.45) is 2.46. The summed E-state index contributed by atoms with van der Waals surface area (Å²) in [6.45, 7) is 0.304. The summed E-state index contributed by atoms with van der Waals surface area (Å²) >= 11 is 0. The number of hydrogen-bond acceptors (Lipinski definition) is 4. The molecule has 2 amide bonds. The van der Waals surface area contributed by atoms with Gasteiger partial charge >= 0.3 is 12.1 Å². The maximum atomic E-state index is 12.6. The Bertz CT molecular complexity index is 956. The topological polar surface area (TPSA) is 105 Å². The number of carboxylic acids is 1. The molecule has 0 bridgehead atoms. The Morgan fingerprint density at radius 2 is 1.62 bits per heavy atom. The van der Waals surface area contributed by atoms with Crippen LogP contribution in [0.1, 0.15) is 49.1 Å². The zero-order valence-electron chi connectivity index (χ0n) is 17.9. The molecule has 0 radical (unpaired) electrons. The molecule has 0 spiro atoms. The number of amides is 2. The standard InChI is InChI=1S/C25H28N2O5/c28-23(26-13-12-24(29)30)14-22(16-6-5-7-16)27-25(31)32-15-21-19-10-3-1-8-17(19)18-9-2-4-11-20(18)21/h1-4,8-11,16,21-22H,5-7,12-15H2,(H,26,28)(H,27,31)(H,29,30). The van der Waals surface area contributed by atoms with Crippen LogP contribution in [-0.4, -0.2) is 42.3 Å². The maximum absolute atomic E-state index is 12.6. The molecule has 3 N–H and O–H groups in total. The van der Waals surface area contributed by atoms with Gasteiger partial charge in [0.2, 0.25) is 5.91 Å². The average Bonchev–Trinajstić information content (AvgIpc) is 3.04. The number of carbonyl (C=O) groups excluding carboxylic acids is 2. The fraction of sp³-hybridized carbons (Fsp3) is 0.400. The number of benzene rings is 2. The van der Waals surface area contributed by atoms with E-state index >= 15 is 0 Å². The first kappa shape index (κ1) is 21.9. The molecule has 0 heterocycles. The molecule has 7 nitrogen and oxygen atoms in total. The quantitative estimate of drug-likeness (QED) is 0.556. The van der Waals surface area contributed by atoms with Crippen molar-refractivity contribution in [1.82, 2.24) is 10.6 Å². The molecular weight excluding hydrogens is 408 g/mol. The summed E-state index contributed by atoms with van der Waals surface area (Å²) in [5.41, 5.74) is 4.63. The summed E-state index contributed by atoms with van der Waals surface area (Å²) in [6, 6.07) is 16.0. The Hall–Kier alpha value is -3.35. The lowest BCUT2D eigenvalue weighted by Gasteiger charge is -2.33. The molecule has 168 valence electrons. The number of nitrogens with one attached hydrogen (secondary N) is 2. The molecule has 4 rings (SSSR count). The van der Waals surface area contributed by atoms with Gasteiger partial charge in [0.1, 0.15) is 6.61 Å². The highest BCUT2D eigenvalue weighted by molar-refractivity contribution is 5.80. The van der Waals surface area contributed by atoms with Crippen molar-refractivity contribution >= 4 is 18.0 Å². The van der Waals surface area contributed by atoms with Crippen LogP contribution in [0, 0.1) is 5.92 Å². The molecule has 2 aliphatic rings. The SMILES string of the molecule is O=C(O)CCNC(=O)CC(NC(=O)OCC1c2ccccc2-c2ccccc21)C1CCC1. The third kappa shape index (κ3) is 4.93. The monoisotopic (exact) mass is 436 g/mol. The third-order valence-electron chi connectivity index (χ3n) is 6.43. The maximum Gasteiger partial charge on any atom is 0.407 e. The number of hydrogen-bond donors (Lipinski definition) is 3. The molecule has 7 heteroatoms. The Labute approximate surface area is 187 Å². The van der Waals surface area contributed by atoms with Crippen molar-refractivity contribution in [3.63, 3.8) is 0 Å². The van der Waals surface area contributed by atoms with Gasteiger partial charge in [-0.25, -0.2) is 4.79 Å². The van der Waals surface area contributed by atoms with Crippen molar-refractivity contribution < 1.29 is 24.2 Å². The average molecular weight is 437 g/mol. The highest BCUT2D eigenvalue weighted by Gasteiger charge is 2.32. The van der Waals surface area contributed by atoms with Gasteiger partial charge < -0.3 is 20.5 Å². The number of alkyl carbamates (subject to hydrolysis) is 1. The molecule has 2 aliphatic carbocycles. The number of carboxylic acid groups (broad SMARTS) is 1. The number of fused-ring (bicyclic) bond motifs is 3. The second-order valence-electron chi connectivity index (χ2n) is 8.47. The molecule has 1 saturated carbocycles. The van der Waals surface area contributed by atoms with Crippen LogP contribution in [0.5, 0.6) is 0 Å². The molecule has 2 aromatic rings. The predicted molar refractivity (Wildman–Crippen MR) is 119 cm³/mol. The molecular formula is C25H28N2O5. The van der Waals surface area contributed by atoms with Crippen molar-refractivity contribution in [1.29, 1.82) is 0 Å². The van der Waals surface area contributed by atoms with Gasteiger partial charge in [0.15, 0.2) is 0 Å². The van der Waals surface area contributed by atoms with E-state index < -0.39 is 12.1 Å².